The number of hydrogen-bond acceptors (Lipinski definition) is 4. The quantitative estimate of drug-likeness (QED) is 0.599. The predicted molar refractivity (Wildman–Crippen MR) is 122 cm³/mol. The summed E-state index contributed by atoms with van der Waals surface area (Å²) in [4.78, 5) is 26.5. The third-order valence-electron chi connectivity index (χ3n) is 5.03. The van der Waals surface area contributed by atoms with E-state index in [4.69, 9.17) is 9.47 Å². The van der Waals surface area contributed by atoms with Gasteiger partial charge in [0.25, 0.3) is 0 Å². The lowest BCUT2D eigenvalue weighted by Gasteiger charge is -2.23. The lowest BCUT2D eigenvalue weighted by Crippen LogP contribution is -2.42. The van der Waals surface area contributed by atoms with Crippen molar-refractivity contribution in [1.82, 2.24) is 10.2 Å². The molecule has 3 rings (SSSR count). The number of carbonyl (C=O) groups excluding carboxylic acids is 2. The minimum absolute atomic E-state index is 0.0863. The van der Waals surface area contributed by atoms with Gasteiger partial charge in [-0.3, -0.25) is 4.79 Å². The van der Waals surface area contributed by atoms with Gasteiger partial charge in [0.15, 0.2) is 0 Å². The van der Waals surface area contributed by atoms with Crippen LogP contribution in [0.4, 0.5) is 10.5 Å². The molecule has 3 aromatic carbocycles. The van der Waals surface area contributed by atoms with Gasteiger partial charge in [-0.1, -0.05) is 36.4 Å². The van der Waals surface area contributed by atoms with E-state index in [0.717, 1.165) is 16.3 Å². The van der Waals surface area contributed by atoms with Crippen molar-refractivity contribution in [2.75, 3.05) is 33.1 Å². The summed E-state index contributed by atoms with van der Waals surface area (Å²) in [6, 6.07) is 18.2. The molecular formula is C24H27N3O4. The lowest BCUT2D eigenvalue weighted by molar-refractivity contribution is -0.116. The number of urea groups is 1. The second kappa shape index (κ2) is 9.84. The molecule has 31 heavy (non-hydrogen) atoms. The van der Waals surface area contributed by atoms with Crippen LogP contribution in [0.25, 0.3) is 10.8 Å². The summed E-state index contributed by atoms with van der Waals surface area (Å²) in [5.41, 5.74) is 1.50. The highest BCUT2D eigenvalue weighted by molar-refractivity contribution is 6.03. The van der Waals surface area contributed by atoms with Crippen molar-refractivity contribution in [3.63, 3.8) is 0 Å². The third kappa shape index (κ3) is 5.25. The molecule has 0 saturated heterocycles. The first-order chi connectivity index (χ1) is 14.9. The zero-order chi connectivity index (χ0) is 22.4. The van der Waals surface area contributed by atoms with E-state index in [1.807, 2.05) is 55.5 Å². The van der Waals surface area contributed by atoms with Gasteiger partial charge in [-0.25, -0.2) is 4.79 Å². The maximum Gasteiger partial charge on any atom is 0.318 e. The fraction of sp³-hybridized carbons (Fsp3) is 0.250. The first-order valence-electron chi connectivity index (χ1n) is 9.94. The van der Waals surface area contributed by atoms with Crippen molar-refractivity contribution in [1.29, 1.82) is 0 Å². The van der Waals surface area contributed by atoms with E-state index in [0.29, 0.717) is 17.2 Å². The minimum Gasteiger partial charge on any atom is -0.497 e. The van der Waals surface area contributed by atoms with E-state index in [9.17, 15) is 9.59 Å². The van der Waals surface area contributed by atoms with E-state index >= 15 is 0 Å². The van der Waals surface area contributed by atoms with E-state index in [2.05, 4.69) is 10.6 Å². The molecule has 1 atom stereocenters. The highest BCUT2D eigenvalue weighted by Gasteiger charge is 2.19. The molecule has 0 radical (unpaired) electrons. The topological polar surface area (TPSA) is 79.9 Å². The molecule has 0 saturated carbocycles. The van der Waals surface area contributed by atoms with E-state index in [-0.39, 0.29) is 24.5 Å². The van der Waals surface area contributed by atoms with E-state index in [1.54, 1.807) is 33.4 Å². The molecule has 0 fully saturated rings. The Morgan fingerprint density at radius 2 is 1.74 bits per heavy atom. The molecule has 7 heteroatoms. The monoisotopic (exact) mass is 421 g/mol. The normalized spacial score (nSPS) is 11.5. The first kappa shape index (κ1) is 22.0. The van der Waals surface area contributed by atoms with Crippen molar-refractivity contribution >= 4 is 28.4 Å². The molecule has 2 N–H and O–H groups in total. The number of anilines is 1. The Morgan fingerprint density at radius 3 is 2.48 bits per heavy atom. The second-order valence-corrected chi connectivity index (χ2v) is 7.21. The van der Waals surface area contributed by atoms with Crippen LogP contribution in [0.15, 0.2) is 60.7 Å². The van der Waals surface area contributed by atoms with Crippen LogP contribution in [0.1, 0.15) is 18.5 Å². The Morgan fingerprint density at radius 1 is 1.00 bits per heavy atom. The van der Waals surface area contributed by atoms with Gasteiger partial charge in [0.05, 0.1) is 20.3 Å². The van der Waals surface area contributed by atoms with Gasteiger partial charge in [-0.2, -0.15) is 0 Å². The maximum atomic E-state index is 12.6. The number of rotatable bonds is 7. The Hall–Kier alpha value is -3.74. The van der Waals surface area contributed by atoms with Crippen LogP contribution >= 0.6 is 0 Å². The average molecular weight is 421 g/mol. The molecule has 3 amide bonds. The summed E-state index contributed by atoms with van der Waals surface area (Å²) < 4.78 is 10.7. The summed E-state index contributed by atoms with van der Waals surface area (Å²) in [6.45, 7) is 1.76. The molecule has 0 aliphatic rings. The van der Waals surface area contributed by atoms with Crippen molar-refractivity contribution in [2.45, 2.75) is 13.0 Å². The van der Waals surface area contributed by atoms with Crippen LogP contribution in [0.3, 0.4) is 0 Å². The zero-order valence-corrected chi connectivity index (χ0v) is 18.1. The second-order valence-electron chi connectivity index (χ2n) is 7.21. The van der Waals surface area contributed by atoms with Crippen molar-refractivity contribution in [2.24, 2.45) is 0 Å². The zero-order valence-electron chi connectivity index (χ0n) is 18.1. The summed E-state index contributed by atoms with van der Waals surface area (Å²) in [5, 5.41) is 7.77. The number of hydrogen-bond donors (Lipinski definition) is 2. The Balaban J connectivity index is 1.63. The lowest BCUT2D eigenvalue weighted by atomic mass is 10.1. The Bertz CT molecular complexity index is 1080. The number of methoxy groups -OCH3 is 2. The molecule has 162 valence electrons. The highest BCUT2D eigenvalue weighted by Crippen LogP contribution is 2.29. The Labute approximate surface area is 181 Å². The van der Waals surface area contributed by atoms with Crippen LogP contribution in [0.5, 0.6) is 11.5 Å². The number of amides is 3. The number of nitrogens with zero attached hydrogens (tertiary/aromatic N) is 1. The third-order valence-corrected chi connectivity index (χ3v) is 5.03. The molecule has 0 aromatic heterocycles. The van der Waals surface area contributed by atoms with Crippen molar-refractivity contribution in [3.8, 4) is 11.5 Å². The summed E-state index contributed by atoms with van der Waals surface area (Å²) >= 11 is 0. The molecule has 0 aliphatic carbocycles. The van der Waals surface area contributed by atoms with E-state index < -0.39 is 0 Å². The molecule has 0 aliphatic heterocycles. The smallest absolute Gasteiger partial charge is 0.318 e. The van der Waals surface area contributed by atoms with Crippen LogP contribution in [0, 0.1) is 0 Å². The number of carbonyl (C=O) groups is 2. The van der Waals surface area contributed by atoms with Gasteiger partial charge in [-0.05, 0) is 36.6 Å². The molecule has 7 nitrogen and oxygen atoms in total. The van der Waals surface area contributed by atoms with Crippen LogP contribution < -0.4 is 20.1 Å². The summed E-state index contributed by atoms with van der Waals surface area (Å²) in [5.74, 6) is 1.03. The number of likely N-dealkylation sites (N-methyl/N-ethyl adjacent to an activating group) is 1. The van der Waals surface area contributed by atoms with Crippen LogP contribution in [0.2, 0.25) is 0 Å². The molecule has 0 unspecified atom stereocenters. The highest BCUT2D eigenvalue weighted by atomic mass is 16.5. The van der Waals surface area contributed by atoms with Gasteiger partial charge in [0.2, 0.25) is 5.91 Å². The number of benzene rings is 3. The maximum absolute atomic E-state index is 12.6. The average Bonchev–Trinajstić information content (AvgIpc) is 2.78. The van der Waals surface area contributed by atoms with Crippen LogP contribution in [-0.4, -0.2) is 44.7 Å². The van der Waals surface area contributed by atoms with Gasteiger partial charge in [-0.15, -0.1) is 0 Å². The summed E-state index contributed by atoms with van der Waals surface area (Å²) in [7, 11) is 4.73. The molecular weight excluding hydrogens is 394 g/mol. The first-order valence-corrected chi connectivity index (χ1v) is 9.94. The standard InChI is InChI=1S/C24H27N3O4/c1-16(20-14-18(30-3)12-13-22(20)31-4)25-24(29)27(2)15-23(28)26-21-11-7-9-17-8-5-6-10-19(17)21/h5-14,16H,15H2,1-4H3,(H,25,29)(H,26,28)/t16-/m1/s1. The summed E-state index contributed by atoms with van der Waals surface area (Å²) in [6.07, 6.45) is 0. The number of nitrogens with one attached hydrogen (secondary N) is 2. The van der Waals surface area contributed by atoms with Gasteiger partial charge in [0.1, 0.15) is 18.0 Å². The fourth-order valence-corrected chi connectivity index (χ4v) is 3.36. The molecule has 3 aromatic rings. The van der Waals surface area contributed by atoms with Gasteiger partial charge >= 0.3 is 6.03 Å². The molecule has 0 spiro atoms. The SMILES string of the molecule is COc1ccc(OC)c([C@@H](C)NC(=O)N(C)CC(=O)Nc2cccc3ccccc23)c1. The minimum atomic E-state index is -0.370. The fourth-order valence-electron chi connectivity index (χ4n) is 3.36. The molecule has 0 heterocycles. The van der Waals surface area contributed by atoms with Crippen LogP contribution in [-0.2, 0) is 4.79 Å². The molecule has 0 bridgehead atoms. The predicted octanol–water partition coefficient (Wildman–Crippen LogP) is 4.20. The number of fused-ring (bicyclic) bond motifs is 1. The van der Waals surface area contributed by atoms with Gasteiger partial charge in [0, 0.05) is 23.7 Å². The van der Waals surface area contributed by atoms with Gasteiger partial charge < -0.3 is 25.0 Å². The van der Waals surface area contributed by atoms with Crippen molar-refractivity contribution < 1.29 is 19.1 Å². The van der Waals surface area contributed by atoms with E-state index in [1.165, 1.54) is 4.90 Å². The largest absolute Gasteiger partial charge is 0.497 e. The van der Waals surface area contributed by atoms with Crippen molar-refractivity contribution in [3.05, 3.63) is 66.2 Å². The number of ether oxygens (including phenoxy) is 2. The Kier molecular flexibility index (Phi) is 6.97.